The molecule has 1 aromatic carbocycles. The van der Waals surface area contributed by atoms with E-state index in [1.54, 1.807) is 7.11 Å². The largest absolute Gasteiger partial charge is 0.497 e. The highest BCUT2D eigenvalue weighted by molar-refractivity contribution is 5.55. The maximum Gasteiger partial charge on any atom is 0.131 e. The molecule has 0 bridgehead atoms. The first-order valence-electron chi connectivity index (χ1n) is 3.93. The zero-order valence-electron chi connectivity index (χ0n) is 7.41. The van der Waals surface area contributed by atoms with Crippen molar-refractivity contribution in [1.29, 1.82) is 0 Å². The molecule has 13 heavy (non-hydrogen) atoms. The van der Waals surface area contributed by atoms with Gasteiger partial charge in [-0.1, -0.05) is 11.8 Å². The molecule has 0 saturated heterocycles. The number of aldehydes is 1. The Morgan fingerprint density at radius 1 is 1.38 bits per heavy atom. The fourth-order valence-corrected chi connectivity index (χ4v) is 0.869. The van der Waals surface area contributed by atoms with Crippen LogP contribution in [0.1, 0.15) is 12.0 Å². The second-order valence-electron chi connectivity index (χ2n) is 2.40. The topological polar surface area (TPSA) is 26.3 Å². The molecule has 2 nitrogen and oxygen atoms in total. The molecule has 0 spiro atoms. The van der Waals surface area contributed by atoms with E-state index in [0.717, 1.165) is 17.6 Å². The van der Waals surface area contributed by atoms with E-state index in [2.05, 4.69) is 11.8 Å². The molecule has 0 aliphatic carbocycles. The van der Waals surface area contributed by atoms with Gasteiger partial charge in [0.2, 0.25) is 0 Å². The summed E-state index contributed by atoms with van der Waals surface area (Å²) >= 11 is 0. The van der Waals surface area contributed by atoms with Crippen molar-refractivity contribution in [3.8, 4) is 17.6 Å². The molecule has 0 amide bonds. The van der Waals surface area contributed by atoms with E-state index in [1.807, 2.05) is 24.3 Å². The Labute approximate surface area is 77.5 Å². The van der Waals surface area contributed by atoms with E-state index in [9.17, 15) is 4.79 Å². The summed E-state index contributed by atoms with van der Waals surface area (Å²) in [6.45, 7) is 0. The SMILES string of the molecule is COc1ccc(C#CCC=O)cc1. The summed E-state index contributed by atoms with van der Waals surface area (Å²) in [6.07, 6.45) is 1.07. The molecular formula is C11H10O2. The first-order chi connectivity index (χ1) is 6.36. The van der Waals surface area contributed by atoms with Crippen molar-refractivity contribution in [1.82, 2.24) is 0 Å². The second-order valence-corrected chi connectivity index (χ2v) is 2.40. The minimum Gasteiger partial charge on any atom is -0.497 e. The lowest BCUT2D eigenvalue weighted by molar-refractivity contribution is -0.107. The van der Waals surface area contributed by atoms with Gasteiger partial charge < -0.3 is 9.53 Å². The third kappa shape index (κ3) is 3.00. The van der Waals surface area contributed by atoms with Gasteiger partial charge in [0.05, 0.1) is 13.5 Å². The Hall–Kier alpha value is -1.75. The van der Waals surface area contributed by atoms with Crippen molar-refractivity contribution in [2.45, 2.75) is 6.42 Å². The quantitative estimate of drug-likeness (QED) is 0.503. The zero-order valence-corrected chi connectivity index (χ0v) is 7.41. The number of hydrogen-bond acceptors (Lipinski definition) is 2. The van der Waals surface area contributed by atoms with Crippen LogP contribution in [-0.4, -0.2) is 13.4 Å². The molecule has 0 unspecified atom stereocenters. The molecule has 0 fully saturated rings. The highest BCUT2D eigenvalue weighted by atomic mass is 16.5. The highest BCUT2D eigenvalue weighted by Gasteiger charge is 1.88. The first-order valence-corrected chi connectivity index (χ1v) is 3.93. The molecule has 2 heteroatoms. The molecule has 1 rings (SSSR count). The molecule has 0 heterocycles. The number of carbonyl (C=O) groups excluding carboxylic acids is 1. The van der Waals surface area contributed by atoms with Gasteiger partial charge in [-0.15, -0.1) is 0 Å². The van der Waals surface area contributed by atoms with Crippen LogP contribution >= 0.6 is 0 Å². The molecule has 66 valence electrons. The van der Waals surface area contributed by atoms with Gasteiger partial charge in [0.15, 0.2) is 0 Å². The van der Waals surface area contributed by atoms with Gasteiger partial charge in [0.1, 0.15) is 12.0 Å². The lowest BCUT2D eigenvalue weighted by Crippen LogP contribution is -1.81. The second kappa shape index (κ2) is 5.00. The van der Waals surface area contributed by atoms with Crippen molar-refractivity contribution in [3.05, 3.63) is 29.8 Å². The Morgan fingerprint density at radius 2 is 2.08 bits per heavy atom. The van der Waals surface area contributed by atoms with E-state index >= 15 is 0 Å². The number of benzene rings is 1. The zero-order chi connectivity index (χ0) is 9.52. The molecular weight excluding hydrogens is 164 g/mol. The molecule has 0 saturated carbocycles. The average molecular weight is 174 g/mol. The minimum absolute atomic E-state index is 0.284. The minimum atomic E-state index is 0.284. The molecule has 0 atom stereocenters. The van der Waals surface area contributed by atoms with Crippen LogP contribution in [0.2, 0.25) is 0 Å². The number of methoxy groups -OCH3 is 1. The number of ether oxygens (including phenoxy) is 1. The van der Waals surface area contributed by atoms with Crippen molar-refractivity contribution in [3.63, 3.8) is 0 Å². The summed E-state index contributed by atoms with van der Waals surface area (Å²) in [4.78, 5) is 9.97. The van der Waals surface area contributed by atoms with Gasteiger partial charge in [-0.05, 0) is 24.3 Å². The van der Waals surface area contributed by atoms with Gasteiger partial charge in [-0.25, -0.2) is 0 Å². The predicted molar refractivity (Wildman–Crippen MR) is 50.6 cm³/mol. The molecule has 0 N–H and O–H groups in total. The van der Waals surface area contributed by atoms with Gasteiger partial charge in [0.25, 0.3) is 0 Å². The van der Waals surface area contributed by atoms with Crippen LogP contribution in [0.25, 0.3) is 0 Å². The van der Waals surface area contributed by atoms with Crippen LogP contribution in [0.5, 0.6) is 5.75 Å². The van der Waals surface area contributed by atoms with Crippen molar-refractivity contribution >= 4 is 6.29 Å². The summed E-state index contributed by atoms with van der Waals surface area (Å²) in [7, 11) is 1.62. The predicted octanol–water partition coefficient (Wildman–Crippen LogP) is 1.64. The van der Waals surface area contributed by atoms with Crippen molar-refractivity contribution in [2.75, 3.05) is 7.11 Å². The van der Waals surface area contributed by atoms with E-state index in [4.69, 9.17) is 4.74 Å². The number of rotatable bonds is 2. The fraction of sp³-hybridized carbons (Fsp3) is 0.182. The lowest BCUT2D eigenvalue weighted by Gasteiger charge is -1.97. The Kier molecular flexibility index (Phi) is 3.59. The molecule has 0 aliphatic heterocycles. The van der Waals surface area contributed by atoms with Crippen molar-refractivity contribution < 1.29 is 9.53 Å². The molecule has 0 aliphatic rings. The average Bonchev–Trinajstić information content (AvgIpc) is 2.19. The Bertz CT molecular complexity index is 327. The number of hydrogen-bond donors (Lipinski definition) is 0. The number of carbonyl (C=O) groups is 1. The Balaban J connectivity index is 2.70. The summed E-state index contributed by atoms with van der Waals surface area (Å²) in [6, 6.07) is 7.39. The van der Waals surface area contributed by atoms with Gasteiger partial charge >= 0.3 is 0 Å². The van der Waals surface area contributed by atoms with E-state index in [1.165, 1.54) is 0 Å². The smallest absolute Gasteiger partial charge is 0.131 e. The standard InChI is InChI=1S/C11H10O2/c1-13-11-7-5-10(6-8-11)4-2-3-9-12/h5-9H,3H2,1H3. The third-order valence-electron chi connectivity index (χ3n) is 1.51. The monoisotopic (exact) mass is 174 g/mol. The molecule has 0 radical (unpaired) electrons. The summed E-state index contributed by atoms with van der Waals surface area (Å²) in [5.41, 5.74) is 0.891. The van der Waals surface area contributed by atoms with Crippen LogP contribution in [0.15, 0.2) is 24.3 Å². The van der Waals surface area contributed by atoms with Crippen molar-refractivity contribution in [2.24, 2.45) is 0 Å². The molecule has 1 aromatic rings. The Morgan fingerprint density at radius 3 is 2.62 bits per heavy atom. The summed E-state index contributed by atoms with van der Waals surface area (Å²) in [5, 5.41) is 0. The maximum absolute atomic E-state index is 9.97. The van der Waals surface area contributed by atoms with E-state index < -0.39 is 0 Å². The van der Waals surface area contributed by atoms with Crippen LogP contribution in [-0.2, 0) is 4.79 Å². The highest BCUT2D eigenvalue weighted by Crippen LogP contribution is 2.09. The normalized spacial score (nSPS) is 8.38. The summed E-state index contributed by atoms with van der Waals surface area (Å²) < 4.78 is 4.99. The van der Waals surface area contributed by atoms with Crippen LogP contribution in [0.3, 0.4) is 0 Å². The van der Waals surface area contributed by atoms with Crippen LogP contribution < -0.4 is 4.74 Å². The van der Waals surface area contributed by atoms with E-state index in [0.29, 0.717) is 0 Å². The first kappa shape index (κ1) is 9.34. The molecule has 0 aromatic heterocycles. The summed E-state index contributed by atoms with van der Waals surface area (Å²) in [5.74, 6) is 6.40. The fourth-order valence-electron chi connectivity index (χ4n) is 0.869. The van der Waals surface area contributed by atoms with E-state index in [-0.39, 0.29) is 6.42 Å². The lowest BCUT2D eigenvalue weighted by atomic mass is 10.2. The van der Waals surface area contributed by atoms with Gasteiger partial charge in [-0.3, -0.25) is 0 Å². The maximum atomic E-state index is 9.97. The van der Waals surface area contributed by atoms with Gasteiger partial charge in [-0.2, -0.15) is 0 Å². The van der Waals surface area contributed by atoms with Crippen LogP contribution in [0, 0.1) is 11.8 Å². The van der Waals surface area contributed by atoms with Crippen LogP contribution in [0.4, 0.5) is 0 Å². The third-order valence-corrected chi connectivity index (χ3v) is 1.51. The van der Waals surface area contributed by atoms with Gasteiger partial charge in [0, 0.05) is 5.56 Å².